The summed E-state index contributed by atoms with van der Waals surface area (Å²) >= 11 is 0. The van der Waals surface area contributed by atoms with Crippen molar-refractivity contribution in [3.63, 3.8) is 0 Å². The van der Waals surface area contributed by atoms with Crippen LogP contribution in [-0.4, -0.2) is 32.6 Å². The number of hydrogen-bond donors (Lipinski definition) is 0. The molecular weight excluding hydrogens is 356 g/mol. The summed E-state index contributed by atoms with van der Waals surface area (Å²) in [6, 6.07) is 5.38. The molecule has 0 atom stereocenters. The van der Waals surface area contributed by atoms with Crippen molar-refractivity contribution in [2.45, 2.75) is 38.5 Å². The Labute approximate surface area is 166 Å². The minimum atomic E-state index is -0.493. The van der Waals surface area contributed by atoms with Crippen molar-refractivity contribution >= 4 is 17.8 Å². The fourth-order valence-electron chi connectivity index (χ4n) is 5.91. The second kappa shape index (κ2) is 7.61. The highest BCUT2D eigenvalue weighted by Crippen LogP contribution is 2.60. The molecule has 4 aliphatic rings. The monoisotopic (exact) mass is 384 g/mol. The molecule has 5 rings (SSSR count). The van der Waals surface area contributed by atoms with Gasteiger partial charge in [-0.3, -0.25) is 4.79 Å². The van der Waals surface area contributed by atoms with E-state index in [0.717, 1.165) is 24.8 Å². The quantitative estimate of drug-likeness (QED) is 0.524. The van der Waals surface area contributed by atoms with Gasteiger partial charge in [0.25, 0.3) is 0 Å². The third-order valence-electron chi connectivity index (χ3n) is 6.79. The third-order valence-corrected chi connectivity index (χ3v) is 6.79. The topological polar surface area (TPSA) is 61.8 Å². The van der Waals surface area contributed by atoms with Gasteiger partial charge in [-0.25, -0.2) is 4.79 Å². The van der Waals surface area contributed by atoms with Crippen molar-refractivity contribution in [2.75, 3.05) is 20.8 Å². The molecule has 1 aromatic rings. The van der Waals surface area contributed by atoms with Crippen molar-refractivity contribution in [3.05, 3.63) is 29.8 Å². The summed E-state index contributed by atoms with van der Waals surface area (Å²) in [5, 5.41) is 0. The average molecular weight is 384 g/mol. The maximum atomic E-state index is 12.9. The zero-order chi connectivity index (χ0) is 19.7. The molecule has 4 saturated carbocycles. The number of carbonyl (C=O) groups is 2. The number of ether oxygens (including phenoxy) is 3. The molecule has 1 aromatic carbocycles. The predicted octanol–water partition coefficient (Wildman–Crippen LogP) is 4.05. The van der Waals surface area contributed by atoms with Crippen molar-refractivity contribution in [2.24, 2.45) is 23.2 Å². The van der Waals surface area contributed by atoms with E-state index < -0.39 is 5.97 Å². The number of Topliss-reactive ketones (excluding diaryl/α,β-unsaturated/α-hetero) is 1. The maximum absolute atomic E-state index is 12.9. The number of methoxy groups -OCH3 is 2. The zero-order valence-electron chi connectivity index (χ0n) is 16.6. The van der Waals surface area contributed by atoms with Crippen LogP contribution in [0.3, 0.4) is 0 Å². The van der Waals surface area contributed by atoms with E-state index in [4.69, 9.17) is 14.2 Å². The molecule has 0 aromatic heterocycles. The van der Waals surface area contributed by atoms with Gasteiger partial charge in [-0.15, -0.1) is 0 Å². The molecular formula is C23H28O5. The van der Waals surface area contributed by atoms with E-state index in [2.05, 4.69) is 0 Å². The molecule has 0 spiro atoms. The fourth-order valence-corrected chi connectivity index (χ4v) is 5.91. The third kappa shape index (κ3) is 3.67. The average Bonchev–Trinajstić information content (AvgIpc) is 2.69. The summed E-state index contributed by atoms with van der Waals surface area (Å²) in [5.74, 6) is 2.97. The summed E-state index contributed by atoms with van der Waals surface area (Å²) in [5.41, 5.74) is 0.573. The van der Waals surface area contributed by atoms with Gasteiger partial charge in [0.2, 0.25) is 0 Å². The lowest BCUT2D eigenvalue weighted by Gasteiger charge is -2.55. The second-order valence-electron chi connectivity index (χ2n) is 8.68. The number of hydrogen-bond acceptors (Lipinski definition) is 5. The normalized spacial score (nSPS) is 30.4. The van der Waals surface area contributed by atoms with Gasteiger partial charge in [0.05, 0.1) is 14.2 Å². The summed E-state index contributed by atoms with van der Waals surface area (Å²) < 4.78 is 15.7. The Morgan fingerprint density at radius 3 is 2.18 bits per heavy atom. The van der Waals surface area contributed by atoms with Crippen LogP contribution in [0.25, 0.3) is 6.08 Å². The number of benzene rings is 1. The van der Waals surface area contributed by atoms with Crippen LogP contribution >= 0.6 is 0 Å². The Hall–Kier alpha value is -2.30. The van der Waals surface area contributed by atoms with Gasteiger partial charge in [-0.05, 0) is 80.1 Å². The second-order valence-corrected chi connectivity index (χ2v) is 8.68. The molecule has 0 saturated heterocycles. The van der Waals surface area contributed by atoms with Crippen LogP contribution in [0.2, 0.25) is 0 Å². The minimum Gasteiger partial charge on any atom is -0.493 e. The van der Waals surface area contributed by atoms with Gasteiger partial charge in [-0.2, -0.15) is 0 Å². The van der Waals surface area contributed by atoms with E-state index in [1.165, 1.54) is 25.3 Å². The Morgan fingerprint density at radius 1 is 1.00 bits per heavy atom. The highest BCUT2D eigenvalue weighted by Gasteiger charge is 2.54. The van der Waals surface area contributed by atoms with E-state index >= 15 is 0 Å². The van der Waals surface area contributed by atoms with E-state index in [1.807, 2.05) is 6.07 Å². The number of esters is 1. The van der Waals surface area contributed by atoms with Gasteiger partial charge in [-0.1, -0.05) is 6.07 Å². The zero-order valence-corrected chi connectivity index (χ0v) is 16.6. The van der Waals surface area contributed by atoms with Gasteiger partial charge in [0.15, 0.2) is 23.9 Å². The van der Waals surface area contributed by atoms with Gasteiger partial charge >= 0.3 is 5.97 Å². The predicted molar refractivity (Wildman–Crippen MR) is 105 cm³/mol. The van der Waals surface area contributed by atoms with Gasteiger partial charge < -0.3 is 14.2 Å². The van der Waals surface area contributed by atoms with Crippen LogP contribution in [0, 0.1) is 23.2 Å². The van der Waals surface area contributed by atoms with Crippen LogP contribution < -0.4 is 9.47 Å². The Balaban J connectivity index is 1.33. The first-order valence-corrected chi connectivity index (χ1v) is 10.1. The molecule has 0 N–H and O–H groups in total. The van der Waals surface area contributed by atoms with Crippen LogP contribution in [0.15, 0.2) is 24.3 Å². The first kappa shape index (κ1) is 19.0. The summed E-state index contributed by atoms with van der Waals surface area (Å²) in [6.45, 7) is -0.110. The van der Waals surface area contributed by atoms with E-state index in [-0.39, 0.29) is 17.8 Å². The fraction of sp³-hybridized carbons (Fsp3) is 0.565. The van der Waals surface area contributed by atoms with Crippen LogP contribution in [0.4, 0.5) is 0 Å². The first-order valence-electron chi connectivity index (χ1n) is 10.1. The lowest BCUT2D eigenvalue weighted by Crippen LogP contribution is -2.51. The Morgan fingerprint density at radius 2 is 1.61 bits per heavy atom. The standard InChI is InChI=1S/C23H28O5/c1-26-19-5-3-15(10-20(19)27-2)4-6-22(25)28-14-21(24)23-11-16-7-17(12-23)9-18(8-16)13-23/h3-6,10,16-18H,7-9,11-14H2,1-2H3/b6-4+. The van der Waals surface area contributed by atoms with E-state index in [0.29, 0.717) is 29.3 Å². The highest BCUT2D eigenvalue weighted by atomic mass is 16.5. The molecule has 0 heterocycles. The Bertz CT molecular complexity index is 759. The van der Waals surface area contributed by atoms with Crippen LogP contribution in [-0.2, 0) is 14.3 Å². The molecule has 0 amide bonds. The SMILES string of the molecule is COc1ccc(/C=C/C(=O)OCC(=O)C23CC4CC(CC(C4)C2)C3)cc1OC. The van der Waals surface area contributed by atoms with Crippen molar-refractivity contribution in [1.29, 1.82) is 0 Å². The van der Waals surface area contributed by atoms with Gasteiger partial charge in [0.1, 0.15) is 0 Å². The minimum absolute atomic E-state index is 0.110. The van der Waals surface area contributed by atoms with Crippen LogP contribution in [0.5, 0.6) is 11.5 Å². The lowest BCUT2D eigenvalue weighted by molar-refractivity contribution is -0.155. The highest BCUT2D eigenvalue weighted by molar-refractivity contribution is 5.91. The molecule has 4 aliphatic carbocycles. The molecule has 150 valence electrons. The summed E-state index contributed by atoms with van der Waals surface area (Å²) in [7, 11) is 3.14. The number of carbonyl (C=O) groups excluding carboxylic acids is 2. The molecule has 4 bridgehead atoms. The molecule has 4 fully saturated rings. The largest absolute Gasteiger partial charge is 0.493 e. The Kier molecular flexibility index (Phi) is 5.17. The first-order chi connectivity index (χ1) is 13.5. The molecule has 0 radical (unpaired) electrons. The molecule has 0 aliphatic heterocycles. The molecule has 5 heteroatoms. The number of rotatable bonds is 7. The molecule has 5 nitrogen and oxygen atoms in total. The van der Waals surface area contributed by atoms with Crippen LogP contribution in [0.1, 0.15) is 44.1 Å². The van der Waals surface area contributed by atoms with E-state index in [9.17, 15) is 9.59 Å². The van der Waals surface area contributed by atoms with E-state index in [1.54, 1.807) is 32.4 Å². The van der Waals surface area contributed by atoms with Crippen molar-refractivity contribution < 1.29 is 23.8 Å². The van der Waals surface area contributed by atoms with Crippen molar-refractivity contribution in [3.8, 4) is 11.5 Å². The lowest BCUT2D eigenvalue weighted by atomic mass is 9.48. The maximum Gasteiger partial charge on any atom is 0.331 e. The van der Waals surface area contributed by atoms with Gasteiger partial charge in [0, 0.05) is 11.5 Å². The molecule has 28 heavy (non-hydrogen) atoms. The smallest absolute Gasteiger partial charge is 0.331 e. The number of ketones is 1. The summed E-state index contributed by atoms with van der Waals surface area (Å²) in [6.07, 6.45) is 9.87. The van der Waals surface area contributed by atoms with Crippen molar-refractivity contribution in [1.82, 2.24) is 0 Å². The molecule has 0 unspecified atom stereocenters. The summed E-state index contributed by atoms with van der Waals surface area (Å²) in [4.78, 5) is 25.0.